The van der Waals surface area contributed by atoms with Gasteiger partial charge in [0, 0.05) is 31.1 Å². The van der Waals surface area contributed by atoms with Crippen molar-refractivity contribution < 1.29 is 14.3 Å². The van der Waals surface area contributed by atoms with Gasteiger partial charge in [-0.2, -0.15) is 0 Å². The molecule has 0 aliphatic carbocycles. The molecule has 1 atom stereocenters. The molecule has 31 heavy (non-hydrogen) atoms. The highest BCUT2D eigenvalue weighted by atomic mass is 32.1. The number of morpholine rings is 1. The number of para-hydroxylation sites is 1. The molecule has 7 heteroatoms. The molecule has 1 saturated heterocycles. The van der Waals surface area contributed by atoms with Gasteiger partial charge in [-0.3, -0.25) is 9.69 Å². The zero-order valence-corrected chi connectivity index (χ0v) is 19.7. The summed E-state index contributed by atoms with van der Waals surface area (Å²) in [5, 5.41) is 6.03. The van der Waals surface area contributed by atoms with Crippen LogP contribution in [0.4, 0.5) is 0 Å². The van der Waals surface area contributed by atoms with Gasteiger partial charge in [0.15, 0.2) is 0 Å². The molecule has 0 bridgehead atoms. The third-order valence-corrected chi connectivity index (χ3v) is 6.85. The molecular weight excluding hydrogens is 410 g/mol. The highest BCUT2D eigenvalue weighted by Crippen LogP contribution is 2.32. The number of amides is 1. The van der Waals surface area contributed by atoms with Gasteiger partial charge in [-0.15, -0.1) is 11.3 Å². The van der Waals surface area contributed by atoms with Gasteiger partial charge in [0.25, 0.3) is 0 Å². The lowest BCUT2D eigenvalue weighted by Crippen LogP contribution is -2.52. The van der Waals surface area contributed by atoms with Crippen LogP contribution in [0, 0.1) is 5.92 Å². The molecular formula is C24H35N3O3S. The van der Waals surface area contributed by atoms with Crippen molar-refractivity contribution in [3.63, 3.8) is 0 Å². The van der Waals surface area contributed by atoms with Gasteiger partial charge in [-0.05, 0) is 25.0 Å². The zero-order chi connectivity index (χ0) is 22.1. The highest BCUT2D eigenvalue weighted by molar-refractivity contribution is 7.13. The van der Waals surface area contributed by atoms with Crippen molar-refractivity contribution in [2.24, 2.45) is 5.92 Å². The first-order valence-corrected chi connectivity index (χ1v) is 12.3. The van der Waals surface area contributed by atoms with Gasteiger partial charge >= 0.3 is 0 Å². The lowest BCUT2D eigenvalue weighted by atomic mass is 9.92. The number of thiazole rings is 1. The van der Waals surface area contributed by atoms with E-state index in [2.05, 4.69) is 24.1 Å². The van der Waals surface area contributed by atoms with Crippen molar-refractivity contribution in [1.82, 2.24) is 15.2 Å². The standard InChI is InChI=1S/C24H35N3O3S/c1-4-18(5-2)21(27-11-13-29-14-12-27)16-25-23(28)15-19-17-31-24(26-19)20-9-7-8-10-22(20)30-6-3/h7-10,17-18,21H,4-6,11-16H2,1-3H3,(H,25,28). The Hall–Kier alpha value is -1.96. The Morgan fingerprint density at radius 2 is 1.97 bits per heavy atom. The maximum absolute atomic E-state index is 12.7. The number of nitrogens with one attached hydrogen (secondary N) is 1. The average Bonchev–Trinajstić information content (AvgIpc) is 3.26. The second kappa shape index (κ2) is 12.2. The fraction of sp³-hybridized carbons (Fsp3) is 0.583. The van der Waals surface area contributed by atoms with E-state index in [0.717, 1.165) is 61.2 Å². The molecule has 0 spiro atoms. The number of carbonyl (C=O) groups excluding carboxylic acids is 1. The summed E-state index contributed by atoms with van der Waals surface area (Å²) in [5.74, 6) is 1.42. The molecule has 1 aliphatic heterocycles. The topological polar surface area (TPSA) is 63.7 Å². The van der Waals surface area contributed by atoms with Crippen LogP contribution in [-0.2, 0) is 16.0 Å². The van der Waals surface area contributed by atoms with E-state index in [9.17, 15) is 4.79 Å². The van der Waals surface area contributed by atoms with Crippen molar-refractivity contribution in [2.75, 3.05) is 39.5 Å². The molecule has 1 aliphatic rings. The van der Waals surface area contributed by atoms with Gasteiger partial charge < -0.3 is 14.8 Å². The third kappa shape index (κ3) is 6.51. The lowest BCUT2D eigenvalue weighted by Gasteiger charge is -2.38. The van der Waals surface area contributed by atoms with E-state index in [1.54, 1.807) is 11.3 Å². The molecule has 3 rings (SSSR count). The SMILES string of the molecule is CCOc1ccccc1-c1nc(CC(=O)NCC(C(CC)CC)N2CCOCC2)cs1. The number of hydrogen-bond donors (Lipinski definition) is 1. The van der Waals surface area contributed by atoms with Crippen LogP contribution >= 0.6 is 11.3 Å². The van der Waals surface area contributed by atoms with Crippen molar-refractivity contribution in [2.45, 2.75) is 46.1 Å². The first kappa shape index (κ1) is 23.7. The number of hydrogen-bond acceptors (Lipinski definition) is 6. The monoisotopic (exact) mass is 445 g/mol. The first-order valence-electron chi connectivity index (χ1n) is 11.4. The lowest BCUT2D eigenvalue weighted by molar-refractivity contribution is -0.121. The largest absolute Gasteiger partial charge is 0.493 e. The fourth-order valence-corrected chi connectivity index (χ4v) is 5.07. The number of rotatable bonds is 11. The minimum absolute atomic E-state index is 0.0270. The van der Waals surface area contributed by atoms with Crippen LogP contribution in [0.15, 0.2) is 29.6 Å². The number of aromatic nitrogens is 1. The fourth-order valence-electron chi connectivity index (χ4n) is 4.22. The summed E-state index contributed by atoms with van der Waals surface area (Å²) >= 11 is 1.55. The Balaban J connectivity index is 1.60. The van der Waals surface area contributed by atoms with Gasteiger partial charge in [0.2, 0.25) is 5.91 Å². The van der Waals surface area contributed by atoms with Gasteiger partial charge in [-0.1, -0.05) is 38.8 Å². The quantitative estimate of drug-likeness (QED) is 0.566. The summed E-state index contributed by atoms with van der Waals surface area (Å²) in [6.07, 6.45) is 2.53. The molecule has 2 aromatic rings. The Kier molecular flexibility index (Phi) is 9.31. The molecule has 6 nitrogen and oxygen atoms in total. The van der Waals surface area contributed by atoms with Crippen molar-refractivity contribution >= 4 is 17.2 Å². The van der Waals surface area contributed by atoms with E-state index in [4.69, 9.17) is 14.5 Å². The summed E-state index contributed by atoms with van der Waals surface area (Å²) in [5.41, 5.74) is 1.77. The second-order valence-corrected chi connectivity index (χ2v) is 8.70. The Morgan fingerprint density at radius 1 is 1.23 bits per heavy atom. The average molecular weight is 446 g/mol. The Labute approximate surface area is 190 Å². The molecule has 2 heterocycles. The summed E-state index contributed by atoms with van der Waals surface area (Å²) in [7, 11) is 0. The predicted octanol–water partition coefficient (Wildman–Crippen LogP) is 4.00. The number of benzene rings is 1. The van der Waals surface area contributed by atoms with Crippen LogP contribution < -0.4 is 10.1 Å². The van der Waals surface area contributed by atoms with Crippen LogP contribution in [0.1, 0.15) is 39.3 Å². The number of nitrogens with zero attached hydrogens (tertiary/aromatic N) is 2. The minimum atomic E-state index is 0.0270. The molecule has 1 aromatic heterocycles. The maximum Gasteiger partial charge on any atom is 0.226 e. The summed E-state index contributed by atoms with van der Waals surface area (Å²) in [6.45, 7) is 11.1. The van der Waals surface area contributed by atoms with E-state index in [1.807, 2.05) is 36.6 Å². The molecule has 1 fully saturated rings. The van der Waals surface area contributed by atoms with Gasteiger partial charge in [-0.25, -0.2) is 4.98 Å². The predicted molar refractivity (Wildman–Crippen MR) is 126 cm³/mol. The molecule has 0 radical (unpaired) electrons. The second-order valence-electron chi connectivity index (χ2n) is 7.85. The van der Waals surface area contributed by atoms with Crippen LogP contribution in [-0.4, -0.2) is 61.3 Å². The number of carbonyl (C=O) groups is 1. The van der Waals surface area contributed by atoms with Crippen LogP contribution in [0.5, 0.6) is 5.75 Å². The van der Waals surface area contributed by atoms with Crippen molar-refractivity contribution in [1.29, 1.82) is 0 Å². The summed E-state index contributed by atoms with van der Waals surface area (Å²) < 4.78 is 11.2. The van der Waals surface area contributed by atoms with Crippen LogP contribution in [0.2, 0.25) is 0 Å². The van der Waals surface area contributed by atoms with Crippen molar-refractivity contribution in [3.05, 3.63) is 35.3 Å². The molecule has 0 saturated carbocycles. The zero-order valence-electron chi connectivity index (χ0n) is 18.9. The Morgan fingerprint density at radius 3 is 2.68 bits per heavy atom. The molecule has 170 valence electrons. The van der Waals surface area contributed by atoms with Gasteiger partial charge in [0.1, 0.15) is 10.8 Å². The number of ether oxygens (including phenoxy) is 2. The smallest absolute Gasteiger partial charge is 0.226 e. The molecule has 1 unspecified atom stereocenters. The molecule has 1 aromatic carbocycles. The van der Waals surface area contributed by atoms with E-state index in [0.29, 0.717) is 31.5 Å². The highest BCUT2D eigenvalue weighted by Gasteiger charge is 2.27. The van der Waals surface area contributed by atoms with E-state index in [-0.39, 0.29) is 5.91 Å². The van der Waals surface area contributed by atoms with Crippen LogP contribution in [0.3, 0.4) is 0 Å². The normalized spacial score (nSPS) is 15.7. The molecule has 1 amide bonds. The summed E-state index contributed by atoms with van der Waals surface area (Å²) in [4.78, 5) is 19.9. The van der Waals surface area contributed by atoms with E-state index in [1.165, 1.54) is 0 Å². The van der Waals surface area contributed by atoms with Crippen molar-refractivity contribution in [3.8, 4) is 16.3 Å². The Bertz CT molecular complexity index is 816. The molecule has 1 N–H and O–H groups in total. The van der Waals surface area contributed by atoms with E-state index >= 15 is 0 Å². The first-order chi connectivity index (χ1) is 15.2. The van der Waals surface area contributed by atoms with Crippen LogP contribution in [0.25, 0.3) is 10.6 Å². The van der Waals surface area contributed by atoms with Gasteiger partial charge in [0.05, 0.1) is 37.5 Å². The maximum atomic E-state index is 12.7. The third-order valence-electron chi connectivity index (χ3n) is 5.93. The van der Waals surface area contributed by atoms with E-state index < -0.39 is 0 Å². The minimum Gasteiger partial charge on any atom is -0.493 e. The summed E-state index contributed by atoms with van der Waals surface area (Å²) in [6, 6.07) is 8.26.